The second-order valence-electron chi connectivity index (χ2n) is 8.96. The van der Waals surface area contributed by atoms with Crippen LogP contribution in [0.4, 0.5) is 0 Å². The number of fused-ring (bicyclic) bond motifs is 2. The summed E-state index contributed by atoms with van der Waals surface area (Å²) in [4.78, 5) is 37.5. The summed E-state index contributed by atoms with van der Waals surface area (Å²) in [6.45, 7) is 3.37. The number of imidazole rings is 1. The third kappa shape index (κ3) is 4.75. The van der Waals surface area contributed by atoms with Gasteiger partial charge in [0, 0.05) is 18.0 Å². The molecule has 0 aliphatic heterocycles. The van der Waals surface area contributed by atoms with Gasteiger partial charge in [-0.3, -0.25) is 14.6 Å². The van der Waals surface area contributed by atoms with Gasteiger partial charge in [0.2, 0.25) is 0 Å². The number of H-pyrrole nitrogens is 1. The maximum Gasteiger partial charge on any atom is 0.277 e. The Bertz CT molecular complexity index is 1570. The van der Waals surface area contributed by atoms with Crippen molar-refractivity contribution in [3.8, 4) is 0 Å². The van der Waals surface area contributed by atoms with Crippen LogP contribution in [0, 0.1) is 6.92 Å². The minimum absolute atomic E-state index is 0.0237. The molecule has 5 rings (SSSR count). The number of hydrogen-bond donors (Lipinski definition) is 1. The normalized spacial score (nSPS) is 12.3. The minimum atomic E-state index is -0.422. The molecular formula is C28H27N5O2. The summed E-state index contributed by atoms with van der Waals surface area (Å²) < 4.78 is 1.58. The van der Waals surface area contributed by atoms with Crippen LogP contribution in [-0.2, 0) is 17.6 Å². The fourth-order valence-electron chi connectivity index (χ4n) is 4.64. The topological polar surface area (TPSA) is 93.0 Å². The molecule has 176 valence electrons. The van der Waals surface area contributed by atoms with E-state index in [0.29, 0.717) is 35.7 Å². The summed E-state index contributed by atoms with van der Waals surface area (Å²) in [5.74, 6) is 0.661. The Balaban J connectivity index is 1.46. The van der Waals surface area contributed by atoms with Crippen LogP contribution in [0.15, 0.2) is 71.7 Å². The van der Waals surface area contributed by atoms with Crippen LogP contribution in [0.2, 0.25) is 0 Å². The Morgan fingerprint density at radius 3 is 2.69 bits per heavy atom. The molecular weight excluding hydrogens is 438 g/mol. The molecule has 0 saturated heterocycles. The summed E-state index contributed by atoms with van der Waals surface area (Å²) in [6, 6.07) is 20.1. The first-order valence-corrected chi connectivity index (χ1v) is 11.9. The minimum Gasteiger partial charge on any atom is -0.307 e. The predicted octanol–water partition coefficient (Wildman–Crippen LogP) is 4.56. The number of aromatic nitrogens is 5. The summed E-state index contributed by atoms with van der Waals surface area (Å²) in [5, 5.41) is 5.76. The lowest BCUT2D eigenvalue weighted by Crippen LogP contribution is -2.20. The monoisotopic (exact) mass is 465 g/mol. The van der Waals surface area contributed by atoms with Gasteiger partial charge in [0.15, 0.2) is 5.52 Å². The van der Waals surface area contributed by atoms with E-state index < -0.39 is 5.92 Å². The predicted molar refractivity (Wildman–Crippen MR) is 136 cm³/mol. The van der Waals surface area contributed by atoms with Crippen LogP contribution in [0.5, 0.6) is 0 Å². The molecule has 0 bridgehead atoms. The molecule has 0 radical (unpaired) electrons. The SMILES string of the molecule is CC(=O)C(CCCc1ccccc1)c1nc(C)c2c(=O)[nH]c(Cc3ccc4ncccc4c3)nn12. The van der Waals surface area contributed by atoms with Crippen molar-refractivity contribution in [2.24, 2.45) is 0 Å². The van der Waals surface area contributed by atoms with Gasteiger partial charge in [-0.15, -0.1) is 0 Å². The van der Waals surface area contributed by atoms with Crippen LogP contribution in [-0.4, -0.2) is 30.3 Å². The smallest absolute Gasteiger partial charge is 0.277 e. The van der Waals surface area contributed by atoms with Gasteiger partial charge < -0.3 is 4.98 Å². The van der Waals surface area contributed by atoms with Crippen molar-refractivity contribution in [2.75, 3.05) is 0 Å². The molecule has 1 N–H and O–H groups in total. The Kier molecular flexibility index (Phi) is 6.23. The number of nitrogens with one attached hydrogen (secondary N) is 1. The van der Waals surface area contributed by atoms with Crippen molar-refractivity contribution in [3.63, 3.8) is 0 Å². The molecule has 0 saturated carbocycles. The zero-order valence-corrected chi connectivity index (χ0v) is 19.9. The van der Waals surface area contributed by atoms with E-state index in [-0.39, 0.29) is 11.3 Å². The lowest BCUT2D eigenvalue weighted by atomic mass is 9.95. The highest BCUT2D eigenvalue weighted by Crippen LogP contribution is 2.24. The number of benzene rings is 2. The lowest BCUT2D eigenvalue weighted by Gasteiger charge is -2.13. The van der Waals surface area contributed by atoms with E-state index in [1.54, 1.807) is 24.6 Å². The van der Waals surface area contributed by atoms with Crippen LogP contribution in [0.1, 0.15) is 54.2 Å². The highest BCUT2D eigenvalue weighted by Gasteiger charge is 2.25. The van der Waals surface area contributed by atoms with E-state index in [9.17, 15) is 9.59 Å². The van der Waals surface area contributed by atoms with Gasteiger partial charge in [0.1, 0.15) is 17.4 Å². The Morgan fingerprint density at radius 1 is 1.06 bits per heavy atom. The van der Waals surface area contributed by atoms with Crippen molar-refractivity contribution in [2.45, 2.75) is 45.4 Å². The first-order chi connectivity index (χ1) is 17.0. The number of hydrogen-bond acceptors (Lipinski definition) is 5. The summed E-state index contributed by atoms with van der Waals surface area (Å²) >= 11 is 0. The molecule has 3 aromatic heterocycles. The Morgan fingerprint density at radius 2 is 1.89 bits per heavy atom. The van der Waals surface area contributed by atoms with Gasteiger partial charge in [0.25, 0.3) is 5.56 Å². The number of carbonyl (C=O) groups is 1. The molecule has 35 heavy (non-hydrogen) atoms. The molecule has 7 nitrogen and oxygen atoms in total. The maximum absolute atomic E-state index is 13.0. The molecule has 0 fully saturated rings. The summed E-state index contributed by atoms with van der Waals surface area (Å²) in [6.07, 6.45) is 4.57. The van der Waals surface area contributed by atoms with Crippen molar-refractivity contribution >= 4 is 22.2 Å². The third-order valence-electron chi connectivity index (χ3n) is 6.39. The first kappa shape index (κ1) is 22.7. The molecule has 5 aromatic rings. The first-order valence-electron chi connectivity index (χ1n) is 11.9. The van der Waals surface area contributed by atoms with Gasteiger partial charge in [-0.2, -0.15) is 5.10 Å². The number of aromatic amines is 1. The highest BCUT2D eigenvalue weighted by molar-refractivity contribution is 5.83. The molecule has 0 spiro atoms. The Hall–Kier alpha value is -4.13. The molecule has 1 atom stereocenters. The lowest BCUT2D eigenvalue weighted by molar-refractivity contribution is -0.118. The van der Waals surface area contributed by atoms with E-state index in [2.05, 4.69) is 33.2 Å². The van der Waals surface area contributed by atoms with Crippen molar-refractivity contribution in [3.05, 3.63) is 106 Å². The van der Waals surface area contributed by atoms with Crippen molar-refractivity contribution in [1.29, 1.82) is 0 Å². The molecule has 2 aromatic carbocycles. The zero-order valence-electron chi connectivity index (χ0n) is 19.9. The van der Waals surface area contributed by atoms with E-state index in [4.69, 9.17) is 5.10 Å². The second kappa shape index (κ2) is 9.62. The number of pyridine rings is 1. The molecule has 1 unspecified atom stereocenters. The molecule has 0 aliphatic rings. The van der Waals surface area contributed by atoms with Gasteiger partial charge in [-0.05, 0) is 62.4 Å². The standard InChI is InChI=1S/C28H27N5O2/c1-18-26-28(35)31-25(17-21-13-14-24-22(16-21)11-7-15-29-24)32-33(26)27(30-18)23(19(2)34)12-6-10-20-8-4-3-5-9-20/h3-5,7-9,11,13-16,23H,6,10,12,17H2,1-2H3,(H,31,32,35). The van der Waals surface area contributed by atoms with Crippen LogP contribution in [0.25, 0.3) is 16.4 Å². The maximum atomic E-state index is 13.0. The van der Waals surface area contributed by atoms with Gasteiger partial charge >= 0.3 is 0 Å². The fraction of sp³-hybridized carbons (Fsp3) is 0.250. The van der Waals surface area contributed by atoms with Gasteiger partial charge in [-0.25, -0.2) is 9.50 Å². The van der Waals surface area contributed by atoms with Crippen LogP contribution in [0.3, 0.4) is 0 Å². The average molecular weight is 466 g/mol. The van der Waals surface area contributed by atoms with E-state index in [0.717, 1.165) is 29.3 Å². The van der Waals surface area contributed by atoms with E-state index in [1.807, 2.05) is 42.5 Å². The van der Waals surface area contributed by atoms with Crippen molar-refractivity contribution < 1.29 is 4.79 Å². The molecule has 7 heteroatoms. The summed E-state index contributed by atoms with van der Waals surface area (Å²) in [5.41, 5.74) is 3.88. The number of ketones is 1. The quantitative estimate of drug-likeness (QED) is 0.363. The largest absolute Gasteiger partial charge is 0.307 e. The van der Waals surface area contributed by atoms with Gasteiger partial charge in [-0.1, -0.05) is 42.5 Å². The number of aryl methyl sites for hydroxylation is 2. The fourth-order valence-corrected chi connectivity index (χ4v) is 4.64. The van der Waals surface area contributed by atoms with E-state index >= 15 is 0 Å². The number of rotatable bonds is 8. The molecule has 0 amide bonds. The van der Waals surface area contributed by atoms with Crippen LogP contribution < -0.4 is 5.56 Å². The number of Topliss-reactive ketones (excluding diaryl/α,β-unsaturated/α-hetero) is 1. The third-order valence-corrected chi connectivity index (χ3v) is 6.39. The van der Waals surface area contributed by atoms with Crippen LogP contribution >= 0.6 is 0 Å². The molecule has 0 aliphatic carbocycles. The number of carbonyl (C=O) groups excluding carboxylic acids is 1. The van der Waals surface area contributed by atoms with Gasteiger partial charge in [0.05, 0.1) is 17.1 Å². The highest BCUT2D eigenvalue weighted by atomic mass is 16.1. The molecule has 3 heterocycles. The van der Waals surface area contributed by atoms with Crippen molar-refractivity contribution in [1.82, 2.24) is 24.6 Å². The second-order valence-corrected chi connectivity index (χ2v) is 8.96. The average Bonchev–Trinajstić information content (AvgIpc) is 3.18. The summed E-state index contributed by atoms with van der Waals surface area (Å²) in [7, 11) is 0. The van der Waals surface area contributed by atoms with E-state index in [1.165, 1.54) is 5.56 Å². The number of nitrogens with zero attached hydrogens (tertiary/aromatic N) is 4. The Labute approximate surface area is 202 Å². The zero-order chi connectivity index (χ0) is 24.4.